The number of amides is 6. The molecule has 0 aromatic heterocycles. The number of esters is 1. The molecule has 0 rings (SSSR count). The van der Waals surface area contributed by atoms with E-state index in [1.807, 2.05) is 0 Å². The van der Waals surface area contributed by atoms with Crippen LogP contribution in [0.2, 0.25) is 0 Å². The highest BCUT2D eigenvalue weighted by atomic mass is 16.6. The van der Waals surface area contributed by atoms with Gasteiger partial charge in [-0.15, -0.1) is 0 Å². The molecule has 6 amide bonds. The maximum Gasteiger partial charge on any atom is 0.408 e. The molecule has 360 valence electrons. The van der Waals surface area contributed by atoms with E-state index in [0.29, 0.717) is 92.5 Å². The van der Waals surface area contributed by atoms with Gasteiger partial charge in [0.15, 0.2) is 0 Å². The van der Waals surface area contributed by atoms with E-state index in [1.54, 1.807) is 48.7 Å². The molecule has 23 nitrogen and oxygen atoms in total. The molecule has 1 atom stereocenters. The Labute approximate surface area is 364 Å². The monoisotopic (exact) mass is 896 g/mol. The Morgan fingerprint density at radius 1 is 0.435 bits per heavy atom. The maximum absolute atomic E-state index is 12.8. The van der Waals surface area contributed by atoms with E-state index in [4.69, 9.17) is 47.4 Å². The van der Waals surface area contributed by atoms with Crippen molar-refractivity contribution in [3.63, 3.8) is 0 Å². The summed E-state index contributed by atoms with van der Waals surface area (Å²) in [4.78, 5) is 85.7. The Kier molecular flexibility index (Phi) is 33.8. The van der Waals surface area contributed by atoms with Gasteiger partial charge >= 0.3 is 12.1 Å². The molecule has 0 aromatic carbocycles. The lowest BCUT2D eigenvalue weighted by Crippen LogP contribution is -2.51. The summed E-state index contributed by atoms with van der Waals surface area (Å²) in [5.41, 5.74) is -1.61. The summed E-state index contributed by atoms with van der Waals surface area (Å²) < 4.78 is 53.1. The predicted octanol–water partition coefficient (Wildman–Crippen LogP) is -1.65. The largest absolute Gasteiger partial charge is 0.460 e. The third-order valence-corrected chi connectivity index (χ3v) is 7.06. The molecule has 62 heavy (non-hydrogen) atoms. The Morgan fingerprint density at radius 2 is 0.774 bits per heavy atom. The number of ether oxygens (including phenoxy) is 10. The molecular formula is C39H72N6O17. The molecule has 0 fully saturated rings. The minimum absolute atomic E-state index is 0.140. The summed E-state index contributed by atoms with van der Waals surface area (Å²) in [5.74, 6) is -3.94. The second kappa shape index (κ2) is 36.3. The highest BCUT2D eigenvalue weighted by molar-refractivity contribution is 5.92. The molecule has 0 saturated heterocycles. The first kappa shape index (κ1) is 57.8. The van der Waals surface area contributed by atoms with Crippen molar-refractivity contribution in [2.75, 3.05) is 139 Å². The van der Waals surface area contributed by atoms with Gasteiger partial charge in [-0.2, -0.15) is 0 Å². The van der Waals surface area contributed by atoms with Crippen LogP contribution in [0.15, 0.2) is 0 Å². The number of alkyl carbamates (subject to hydrolysis) is 1. The van der Waals surface area contributed by atoms with Crippen molar-refractivity contribution < 1.29 is 80.9 Å². The first-order valence-corrected chi connectivity index (χ1v) is 20.5. The van der Waals surface area contributed by atoms with Crippen molar-refractivity contribution in [3.05, 3.63) is 0 Å². The average molecular weight is 897 g/mol. The fourth-order valence-corrected chi connectivity index (χ4v) is 4.28. The molecule has 0 heterocycles. The fraction of sp³-hybridized carbons (Fsp3) is 0.821. The molecule has 23 heteroatoms. The van der Waals surface area contributed by atoms with E-state index in [1.165, 1.54) is 0 Å². The summed E-state index contributed by atoms with van der Waals surface area (Å²) in [5, 5.41) is 14.2. The average Bonchev–Trinajstić information content (AvgIpc) is 3.19. The van der Waals surface area contributed by atoms with E-state index >= 15 is 0 Å². The van der Waals surface area contributed by atoms with Crippen LogP contribution in [0.4, 0.5) is 4.79 Å². The number of carbonyl (C=O) groups is 7. The first-order valence-electron chi connectivity index (χ1n) is 20.5. The highest BCUT2D eigenvalue weighted by Gasteiger charge is 2.27. The Balaban J connectivity index is 3.92. The Morgan fingerprint density at radius 3 is 1.15 bits per heavy atom. The van der Waals surface area contributed by atoms with Gasteiger partial charge in [0.25, 0.3) is 0 Å². The van der Waals surface area contributed by atoms with Crippen LogP contribution in [0.3, 0.4) is 0 Å². The molecule has 0 aliphatic carbocycles. The third-order valence-electron chi connectivity index (χ3n) is 7.06. The van der Waals surface area contributed by atoms with Crippen molar-refractivity contribution in [3.8, 4) is 0 Å². The van der Waals surface area contributed by atoms with Gasteiger partial charge in [-0.1, -0.05) is 0 Å². The van der Waals surface area contributed by atoms with Crippen molar-refractivity contribution >= 4 is 41.6 Å². The molecule has 0 unspecified atom stereocenters. The number of hydrogen-bond acceptors (Lipinski definition) is 17. The second-order valence-corrected chi connectivity index (χ2v) is 15.0. The molecule has 6 N–H and O–H groups in total. The summed E-state index contributed by atoms with van der Waals surface area (Å²) >= 11 is 0. The molecule has 0 spiro atoms. The minimum atomic E-state index is -1.23. The van der Waals surface area contributed by atoms with Gasteiger partial charge in [-0.3, -0.25) is 28.8 Å². The quantitative estimate of drug-likeness (QED) is 0.0301. The molecule has 0 aliphatic rings. The number of nitrogens with one attached hydrogen (secondary N) is 6. The Hall–Kier alpha value is -4.23. The molecule has 0 aliphatic heterocycles. The van der Waals surface area contributed by atoms with Gasteiger partial charge < -0.3 is 79.3 Å². The standard InChI is InChI=1S/C39H72N6O17/c1-38(2,3)61-35(50)9-8-30(45-37(52)62-39(4,5)6)36(51)44-29-34(49)43-28-33(48)42-27-32(47)41-26-31(46)40-10-11-54-14-15-56-18-19-58-22-23-60-25-24-59-21-20-57-17-16-55-13-12-53-7/h30H,8-29H2,1-7H3,(H,40,46)(H,41,47)(H,42,48)(H,43,49)(H,44,51)(H,45,52)/t30-/m0/s1. The van der Waals surface area contributed by atoms with Crippen LogP contribution in [0.25, 0.3) is 0 Å². The van der Waals surface area contributed by atoms with Crippen molar-refractivity contribution in [2.45, 2.75) is 71.6 Å². The van der Waals surface area contributed by atoms with Gasteiger partial charge in [-0.05, 0) is 48.0 Å². The number of carbonyl (C=O) groups excluding carboxylic acids is 7. The predicted molar refractivity (Wildman–Crippen MR) is 221 cm³/mol. The lowest BCUT2D eigenvalue weighted by atomic mass is 10.1. The molecule has 0 bridgehead atoms. The van der Waals surface area contributed by atoms with Crippen LogP contribution in [-0.2, 0) is 76.1 Å². The van der Waals surface area contributed by atoms with Gasteiger partial charge in [0, 0.05) is 20.1 Å². The molecule has 0 radical (unpaired) electrons. The van der Waals surface area contributed by atoms with E-state index < -0.39 is 78.5 Å². The smallest absolute Gasteiger partial charge is 0.408 e. The lowest BCUT2D eigenvalue weighted by Gasteiger charge is -2.24. The number of methoxy groups -OCH3 is 1. The maximum atomic E-state index is 12.8. The van der Waals surface area contributed by atoms with Crippen LogP contribution < -0.4 is 31.9 Å². The minimum Gasteiger partial charge on any atom is -0.460 e. The summed E-state index contributed by atoms with van der Waals surface area (Å²) in [7, 11) is 1.62. The van der Waals surface area contributed by atoms with Gasteiger partial charge in [0.2, 0.25) is 29.5 Å². The Bertz CT molecular complexity index is 1280. The first-order chi connectivity index (χ1) is 29.4. The zero-order valence-corrected chi connectivity index (χ0v) is 37.6. The van der Waals surface area contributed by atoms with Crippen molar-refractivity contribution in [1.29, 1.82) is 0 Å². The lowest BCUT2D eigenvalue weighted by molar-refractivity contribution is -0.155. The molecule has 0 saturated carbocycles. The van der Waals surface area contributed by atoms with Crippen molar-refractivity contribution in [1.82, 2.24) is 31.9 Å². The summed E-state index contributed by atoms with van der Waals surface area (Å²) in [6, 6.07) is -1.23. The van der Waals surface area contributed by atoms with E-state index in [9.17, 15) is 33.6 Å². The highest BCUT2D eigenvalue weighted by Crippen LogP contribution is 2.11. The van der Waals surface area contributed by atoms with Crippen LogP contribution in [0.1, 0.15) is 54.4 Å². The van der Waals surface area contributed by atoms with Gasteiger partial charge in [0.05, 0.1) is 125 Å². The number of rotatable bonds is 37. The van der Waals surface area contributed by atoms with Crippen LogP contribution in [-0.4, -0.2) is 198 Å². The molecule has 0 aromatic rings. The van der Waals surface area contributed by atoms with Gasteiger partial charge in [-0.25, -0.2) is 4.79 Å². The topological polar surface area (TPSA) is 284 Å². The van der Waals surface area contributed by atoms with E-state index in [0.717, 1.165) is 0 Å². The second-order valence-electron chi connectivity index (χ2n) is 15.0. The van der Waals surface area contributed by atoms with Gasteiger partial charge in [0.1, 0.15) is 17.2 Å². The van der Waals surface area contributed by atoms with E-state index in [2.05, 4.69) is 31.9 Å². The SMILES string of the molecule is COCCOCCOCCOCCOCCOCCOCCOCCNC(=O)CNC(=O)CNC(=O)CNC(=O)CNC(=O)[C@H](CCC(=O)OC(C)(C)C)NC(=O)OC(C)(C)C. The fourth-order valence-electron chi connectivity index (χ4n) is 4.28. The van der Waals surface area contributed by atoms with Crippen LogP contribution in [0, 0.1) is 0 Å². The van der Waals surface area contributed by atoms with Crippen LogP contribution >= 0.6 is 0 Å². The third kappa shape index (κ3) is 39.9. The summed E-state index contributed by atoms with van der Waals surface area (Å²) in [6.45, 7) is 14.8. The van der Waals surface area contributed by atoms with Crippen LogP contribution in [0.5, 0.6) is 0 Å². The molecular weight excluding hydrogens is 824 g/mol. The summed E-state index contributed by atoms with van der Waals surface area (Å²) in [6.07, 6.45) is -1.25. The van der Waals surface area contributed by atoms with E-state index in [-0.39, 0.29) is 32.5 Å². The normalized spacial score (nSPS) is 11.9. The van der Waals surface area contributed by atoms with Crippen molar-refractivity contribution in [2.24, 2.45) is 0 Å². The zero-order chi connectivity index (χ0) is 46.5. The zero-order valence-electron chi connectivity index (χ0n) is 37.6. The number of hydrogen-bond donors (Lipinski definition) is 6.